The molecular weight excluding hydrogens is 429 g/mol. The number of aromatic amines is 1. The molecule has 3 rings (SSSR count). The fourth-order valence-corrected chi connectivity index (χ4v) is 3.77. The molecule has 1 heterocycles. The zero-order valence-electron chi connectivity index (χ0n) is 18.3. The molecule has 0 fully saturated rings. The number of halogens is 1. The van der Waals surface area contributed by atoms with E-state index in [9.17, 15) is 23.9 Å². The molecule has 9 heteroatoms. The second-order valence-electron chi connectivity index (χ2n) is 8.16. The average Bonchev–Trinajstić information content (AvgIpc) is 3.06. The van der Waals surface area contributed by atoms with Crippen molar-refractivity contribution in [1.29, 1.82) is 0 Å². The number of Topliss-reactive ketones (excluding diaryl/α,β-unsaturated/α-hetero) is 1. The maximum atomic E-state index is 14.7. The number of imidazole rings is 1. The molecular formula is C24H26FN3O5. The van der Waals surface area contributed by atoms with Gasteiger partial charge in [-0.25, -0.2) is 14.7 Å². The lowest BCUT2D eigenvalue weighted by Crippen LogP contribution is -2.37. The number of rotatable bonds is 9. The number of aromatic hydroxyl groups is 1. The van der Waals surface area contributed by atoms with Gasteiger partial charge in [0.05, 0.1) is 5.69 Å². The van der Waals surface area contributed by atoms with Crippen molar-refractivity contribution in [3.63, 3.8) is 0 Å². The van der Waals surface area contributed by atoms with Gasteiger partial charge in [-0.05, 0) is 36.0 Å². The zero-order valence-corrected chi connectivity index (χ0v) is 18.3. The summed E-state index contributed by atoms with van der Waals surface area (Å²) in [4.78, 5) is 39.3. The first kappa shape index (κ1) is 23.9. The number of nitrogens with one attached hydrogen (secondary N) is 2. The third-order valence-corrected chi connectivity index (χ3v) is 5.49. The minimum absolute atomic E-state index is 0.0911. The normalized spacial score (nSPS) is 12.0. The smallest absolute Gasteiger partial charge is 0.329 e. The van der Waals surface area contributed by atoms with Crippen LogP contribution in [0.4, 0.5) is 4.39 Å². The quantitative estimate of drug-likeness (QED) is 0.224. The summed E-state index contributed by atoms with van der Waals surface area (Å²) in [6, 6.07) is 12.3. The van der Waals surface area contributed by atoms with Gasteiger partial charge < -0.3 is 10.1 Å². The monoisotopic (exact) mass is 455 g/mol. The van der Waals surface area contributed by atoms with E-state index in [0.29, 0.717) is 5.56 Å². The maximum Gasteiger partial charge on any atom is 0.329 e. The molecule has 0 spiro atoms. The zero-order chi connectivity index (χ0) is 24.1. The third-order valence-electron chi connectivity index (χ3n) is 5.49. The summed E-state index contributed by atoms with van der Waals surface area (Å²) in [6.07, 6.45) is 0.402. The van der Waals surface area contributed by atoms with Crippen LogP contribution in [0, 0.1) is 11.7 Å². The van der Waals surface area contributed by atoms with Crippen molar-refractivity contribution in [2.45, 2.75) is 39.2 Å². The number of aryl methyl sites for hydroxylation is 2. The summed E-state index contributed by atoms with van der Waals surface area (Å²) in [5.74, 6) is -2.45. The van der Waals surface area contributed by atoms with Crippen LogP contribution in [0.25, 0.3) is 0 Å². The van der Waals surface area contributed by atoms with Gasteiger partial charge in [0.15, 0.2) is 5.78 Å². The van der Waals surface area contributed by atoms with E-state index >= 15 is 0 Å². The largest absolute Gasteiger partial charge is 0.493 e. The Kier molecular flexibility index (Phi) is 7.44. The lowest BCUT2D eigenvalue weighted by atomic mass is 10.00. The Labute approximate surface area is 189 Å². The van der Waals surface area contributed by atoms with E-state index < -0.39 is 35.3 Å². The number of H-pyrrole nitrogens is 1. The SMILES string of the molecule is CC(C)C(C(=O)NO)n1c(O)c(CCc2ccc(C(=O)Cc3ccccc3)cc2F)[nH]c1=O. The Balaban J connectivity index is 1.74. The van der Waals surface area contributed by atoms with Crippen LogP contribution in [0.1, 0.15) is 47.1 Å². The van der Waals surface area contributed by atoms with Gasteiger partial charge in [-0.3, -0.25) is 19.4 Å². The van der Waals surface area contributed by atoms with Crippen LogP contribution in [0.3, 0.4) is 0 Å². The van der Waals surface area contributed by atoms with Crippen molar-refractivity contribution in [2.75, 3.05) is 0 Å². The van der Waals surface area contributed by atoms with E-state index in [1.807, 2.05) is 30.3 Å². The van der Waals surface area contributed by atoms with Gasteiger partial charge in [0, 0.05) is 12.0 Å². The molecule has 0 radical (unpaired) electrons. The Hall–Kier alpha value is -3.72. The molecule has 174 valence electrons. The Morgan fingerprint density at radius 3 is 2.42 bits per heavy atom. The second-order valence-corrected chi connectivity index (χ2v) is 8.16. The first-order chi connectivity index (χ1) is 15.7. The number of carbonyl (C=O) groups excluding carboxylic acids is 2. The van der Waals surface area contributed by atoms with Crippen molar-refractivity contribution in [3.8, 4) is 5.88 Å². The summed E-state index contributed by atoms with van der Waals surface area (Å²) < 4.78 is 15.5. The molecule has 1 atom stereocenters. The van der Waals surface area contributed by atoms with Crippen LogP contribution < -0.4 is 11.2 Å². The molecule has 1 amide bonds. The number of nitrogens with zero attached hydrogens (tertiary/aromatic N) is 1. The molecule has 0 aliphatic carbocycles. The van der Waals surface area contributed by atoms with E-state index in [2.05, 4.69) is 4.98 Å². The summed E-state index contributed by atoms with van der Waals surface area (Å²) in [6.45, 7) is 3.32. The number of ketones is 1. The number of aromatic nitrogens is 2. The molecule has 4 N–H and O–H groups in total. The Morgan fingerprint density at radius 1 is 1.12 bits per heavy atom. The molecule has 0 saturated heterocycles. The van der Waals surface area contributed by atoms with Crippen molar-refractivity contribution < 1.29 is 24.3 Å². The minimum Gasteiger partial charge on any atom is -0.493 e. The fourth-order valence-electron chi connectivity index (χ4n) is 3.77. The summed E-state index contributed by atoms with van der Waals surface area (Å²) in [7, 11) is 0. The molecule has 33 heavy (non-hydrogen) atoms. The van der Waals surface area contributed by atoms with Gasteiger partial charge in [-0.2, -0.15) is 0 Å². The lowest BCUT2D eigenvalue weighted by Gasteiger charge is -2.19. The molecule has 2 aromatic carbocycles. The van der Waals surface area contributed by atoms with Gasteiger partial charge in [-0.15, -0.1) is 0 Å². The van der Waals surface area contributed by atoms with Crippen LogP contribution in [-0.2, 0) is 24.1 Å². The number of amides is 1. The van der Waals surface area contributed by atoms with Gasteiger partial charge in [0.2, 0.25) is 5.88 Å². The van der Waals surface area contributed by atoms with Crippen LogP contribution in [0.2, 0.25) is 0 Å². The molecule has 0 saturated carbocycles. The van der Waals surface area contributed by atoms with E-state index in [0.717, 1.165) is 10.1 Å². The Bertz CT molecular complexity index is 1200. The van der Waals surface area contributed by atoms with Crippen molar-refractivity contribution in [2.24, 2.45) is 5.92 Å². The maximum absolute atomic E-state index is 14.7. The van der Waals surface area contributed by atoms with Crippen LogP contribution in [-0.4, -0.2) is 31.6 Å². The number of hydroxylamine groups is 1. The highest BCUT2D eigenvalue weighted by atomic mass is 19.1. The minimum atomic E-state index is -1.13. The van der Waals surface area contributed by atoms with Crippen LogP contribution in [0.15, 0.2) is 53.3 Å². The summed E-state index contributed by atoms with van der Waals surface area (Å²) >= 11 is 0. The number of carbonyl (C=O) groups is 2. The molecule has 3 aromatic rings. The van der Waals surface area contributed by atoms with Crippen LogP contribution in [0.5, 0.6) is 5.88 Å². The first-order valence-electron chi connectivity index (χ1n) is 10.5. The van der Waals surface area contributed by atoms with Gasteiger partial charge in [0.25, 0.3) is 5.91 Å². The average molecular weight is 455 g/mol. The van der Waals surface area contributed by atoms with E-state index in [1.165, 1.54) is 17.6 Å². The van der Waals surface area contributed by atoms with Gasteiger partial charge in [0.1, 0.15) is 11.9 Å². The highest BCUT2D eigenvalue weighted by Gasteiger charge is 2.29. The Morgan fingerprint density at radius 2 is 1.82 bits per heavy atom. The number of hydrogen-bond acceptors (Lipinski definition) is 5. The summed E-state index contributed by atoms with van der Waals surface area (Å²) in [5.41, 5.74) is 2.34. The molecule has 1 aromatic heterocycles. The standard InChI is InChI=1S/C24H26FN3O5/c1-14(2)21(22(30)27-33)28-23(31)19(26-24(28)32)11-10-16-8-9-17(13-18(16)25)20(29)12-15-6-4-3-5-7-15/h3-9,13-14,21,31,33H,10-12H2,1-2H3,(H,26,32)(H,27,30). The number of benzene rings is 2. The van der Waals surface area contributed by atoms with Gasteiger partial charge >= 0.3 is 5.69 Å². The first-order valence-corrected chi connectivity index (χ1v) is 10.5. The fraction of sp³-hybridized carbons (Fsp3) is 0.292. The van der Waals surface area contributed by atoms with Crippen LogP contribution >= 0.6 is 0 Å². The molecule has 0 bridgehead atoms. The molecule has 8 nitrogen and oxygen atoms in total. The van der Waals surface area contributed by atoms with E-state index in [-0.39, 0.29) is 36.3 Å². The predicted octanol–water partition coefficient (Wildman–Crippen LogP) is 2.93. The second kappa shape index (κ2) is 10.3. The van der Waals surface area contributed by atoms with Crippen molar-refractivity contribution >= 4 is 11.7 Å². The van der Waals surface area contributed by atoms with Gasteiger partial charge in [-0.1, -0.05) is 56.3 Å². The lowest BCUT2D eigenvalue weighted by molar-refractivity contribution is -0.134. The van der Waals surface area contributed by atoms with E-state index in [4.69, 9.17) is 5.21 Å². The van der Waals surface area contributed by atoms with E-state index in [1.54, 1.807) is 19.9 Å². The number of hydrogen-bond donors (Lipinski definition) is 4. The highest BCUT2D eigenvalue weighted by Crippen LogP contribution is 2.25. The molecule has 0 aliphatic heterocycles. The van der Waals surface area contributed by atoms with Crippen molar-refractivity contribution in [1.82, 2.24) is 15.0 Å². The topological polar surface area (TPSA) is 124 Å². The predicted molar refractivity (Wildman–Crippen MR) is 119 cm³/mol. The molecule has 0 aliphatic rings. The third kappa shape index (κ3) is 5.38. The van der Waals surface area contributed by atoms with Crippen molar-refractivity contribution in [3.05, 3.63) is 87.2 Å². The molecule has 1 unspecified atom stereocenters. The highest BCUT2D eigenvalue weighted by molar-refractivity contribution is 5.97. The summed E-state index contributed by atoms with van der Waals surface area (Å²) in [5, 5.41) is 19.5.